The Balaban J connectivity index is 2.01. The third kappa shape index (κ3) is 4.89. The third-order valence-electron chi connectivity index (χ3n) is 5.72. The Morgan fingerprint density at radius 3 is 2.45 bits per heavy atom. The number of hydrogen-bond donors (Lipinski definition) is 3. The highest BCUT2D eigenvalue weighted by Gasteiger charge is 2.26. The summed E-state index contributed by atoms with van der Waals surface area (Å²) in [6.45, 7) is 8.27. The van der Waals surface area contributed by atoms with Crippen LogP contribution in [0.2, 0.25) is 0 Å². The van der Waals surface area contributed by atoms with E-state index >= 15 is 0 Å². The van der Waals surface area contributed by atoms with Crippen LogP contribution >= 0.6 is 0 Å². The van der Waals surface area contributed by atoms with Gasteiger partial charge in [0.2, 0.25) is 0 Å². The number of dihydropyridines is 1. The number of nitrogens with zero attached hydrogens (tertiary/aromatic N) is 2. The molecule has 2 aliphatic heterocycles. The Hall–Kier alpha value is -2.57. The van der Waals surface area contributed by atoms with E-state index in [-0.39, 0.29) is 11.9 Å². The zero-order valence-electron chi connectivity index (χ0n) is 17.6. The molecule has 156 valence electrons. The molecule has 4 N–H and O–H groups in total. The number of nitrogens with one attached hydrogen (secondary N) is 2. The second-order valence-corrected chi connectivity index (χ2v) is 7.95. The fourth-order valence-electron chi connectivity index (χ4n) is 4.01. The number of piperidine rings is 1. The van der Waals surface area contributed by atoms with Crippen LogP contribution in [0, 0.1) is 5.82 Å². The molecule has 1 atom stereocenters. The zero-order chi connectivity index (χ0) is 21.0. The van der Waals surface area contributed by atoms with Crippen LogP contribution in [0.25, 0.3) is 5.57 Å². The predicted molar refractivity (Wildman–Crippen MR) is 118 cm³/mol. The largest absolute Gasteiger partial charge is 0.385 e. The number of hydrogen-bond acceptors (Lipinski definition) is 5. The fourth-order valence-corrected chi connectivity index (χ4v) is 4.01. The van der Waals surface area contributed by atoms with Gasteiger partial charge in [0.1, 0.15) is 11.6 Å². The van der Waals surface area contributed by atoms with Gasteiger partial charge in [-0.15, -0.1) is 0 Å². The smallest absolute Gasteiger partial charge is 0.124 e. The molecule has 0 aromatic heterocycles. The minimum Gasteiger partial charge on any atom is -0.385 e. The average molecular weight is 398 g/mol. The van der Waals surface area contributed by atoms with Gasteiger partial charge in [0.15, 0.2) is 0 Å². The Morgan fingerprint density at radius 2 is 1.90 bits per heavy atom. The van der Waals surface area contributed by atoms with Crippen LogP contribution in [-0.2, 0) is 0 Å². The number of nitrogens with two attached hydrogens (primary N) is 1. The number of hydrazine groups is 1. The van der Waals surface area contributed by atoms with Crippen LogP contribution in [0.3, 0.4) is 0 Å². The summed E-state index contributed by atoms with van der Waals surface area (Å²) in [6.07, 6.45) is 8.29. The van der Waals surface area contributed by atoms with Gasteiger partial charge in [-0.2, -0.15) is 0 Å². The van der Waals surface area contributed by atoms with Crippen molar-refractivity contribution in [2.24, 2.45) is 5.84 Å². The first-order valence-corrected chi connectivity index (χ1v) is 10.1. The maximum atomic E-state index is 13.5. The van der Waals surface area contributed by atoms with Gasteiger partial charge in [-0.05, 0) is 75.0 Å². The van der Waals surface area contributed by atoms with Crippen molar-refractivity contribution >= 4 is 5.57 Å². The van der Waals surface area contributed by atoms with E-state index in [0.29, 0.717) is 6.04 Å². The summed E-state index contributed by atoms with van der Waals surface area (Å²) in [6, 6.07) is 7.23. The molecular formula is C23H32FN5. The van der Waals surface area contributed by atoms with Crippen LogP contribution in [-0.4, -0.2) is 49.1 Å². The number of rotatable bonds is 6. The van der Waals surface area contributed by atoms with Crippen LogP contribution in [0.1, 0.15) is 25.3 Å². The van der Waals surface area contributed by atoms with Crippen LogP contribution in [0.4, 0.5) is 4.39 Å². The summed E-state index contributed by atoms with van der Waals surface area (Å²) < 4.78 is 13.5. The molecular weight excluding hydrogens is 365 g/mol. The van der Waals surface area contributed by atoms with Crippen molar-refractivity contribution < 1.29 is 4.39 Å². The highest BCUT2D eigenvalue weighted by Crippen LogP contribution is 2.33. The molecule has 5 nitrogen and oxygen atoms in total. The van der Waals surface area contributed by atoms with E-state index in [1.54, 1.807) is 12.1 Å². The minimum atomic E-state index is -0.260. The second-order valence-electron chi connectivity index (χ2n) is 7.95. The normalized spacial score (nSPS) is 20.8. The lowest BCUT2D eigenvalue weighted by atomic mass is 9.90. The third-order valence-corrected chi connectivity index (χ3v) is 5.72. The predicted octanol–water partition coefficient (Wildman–Crippen LogP) is 2.97. The van der Waals surface area contributed by atoms with Gasteiger partial charge in [0, 0.05) is 30.7 Å². The monoisotopic (exact) mass is 397 g/mol. The molecule has 0 aliphatic carbocycles. The molecule has 0 radical (unpaired) electrons. The molecule has 0 bridgehead atoms. The van der Waals surface area contributed by atoms with Crippen molar-refractivity contribution in [3.63, 3.8) is 0 Å². The summed E-state index contributed by atoms with van der Waals surface area (Å²) in [5, 5.41) is 3.28. The Kier molecular flexibility index (Phi) is 6.77. The summed E-state index contributed by atoms with van der Waals surface area (Å²) in [7, 11) is 4.26. The first-order chi connectivity index (χ1) is 13.9. The van der Waals surface area contributed by atoms with Gasteiger partial charge < -0.3 is 20.5 Å². The molecule has 2 aliphatic rings. The number of benzene rings is 1. The quantitative estimate of drug-likeness (QED) is 0.391. The molecule has 0 amide bonds. The fraction of sp³-hybridized carbons (Fsp3) is 0.391. The molecule has 1 saturated heterocycles. The van der Waals surface area contributed by atoms with Gasteiger partial charge >= 0.3 is 0 Å². The molecule has 6 heteroatoms. The van der Waals surface area contributed by atoms with Crippen molar-refractivity contribution in [2.75, 3.05) is 27.2 Å². The SMILES string of the molecule is C=C(/C(C1=CC(C)NC=C1)=C(\NN)N1CCC(N(C)C)CC1)c1ccc(F)cc1. The van der Waals surface area contributed by atoms with E-state index < -0.39 is 0 Å². The summed E-state index contributed by atoms with van der Waals surface area (Å²) >= 11 is 0. The summed E-state index contributed by atoms with van der Waals surface area (Å²) in [5.41, 5.74) is 6.64. The van der Waals surface area contributed by atoms with Crippen molar-refractivity contribution in [3.8, 4) is 0 Å². The number of allylic oxidation sites excluding steroid dienone is 4. The lowest BCUT2D eigenvalue weighted by Crippen LogP contribution is -2.46. The molecule has 1 aromatic carbocycles. The topological polar surface area (TPSA) is 56.6 Å². The zero-order valence-corrected chi connectivity index (χ0v) is 17.6. The second kappa shape index (κ2) is 9.29. The van der Waals surface area contributed by atoms with Crippen molar-refractivity contribution in [2.45, 2.75) is 31.8 Å². The number of likely N-dealkylation sites (tertiary alicyclic amines) is 1. The average Bonchev–Trinajstić information content (AvgIpc) is 2.72. The first kappa shape index (κ1) is 21.1. The lowest BCUT2D eigenvalue weighted by Gasteiger charge is -2.38. The van der Waals surface area contributed by atoms with E-state index in [0.717, 1.165) is 54.0 Å². The molecule has 1 fully saturated rings. The molecule has 1 aromatic rings. The standard InChI is InChI=1S/C23H32FN5/c1-16-15-19(9-12-26-16)22(17(2)18-5-7-20(24)8-6-18)23(27-25)29-13-10-21(11-14-29)28(3)4/h5-9,12,15-16,21,26-27H,2,10-11,13-14,25H2,1,3-4H3/b23-22-. The van der Waals surface area contributed by atoms with E-state index in [1.165, 1.54) is 12.1 Å². The van der Waals surface area contributed by atoms with Crippen molar-refractivity contribution in [1.82, 2.24) is 20.5 Å². The van der Waals surface area contributed by atoms with E-state index in [4.69, 9.17) is 5.84 Å². The van der Waals surface area contributed by atoms with E-state index in [1.807, 2.05) is 12.3 Å². The minimum absolute atomic E-state index is 0.199. The van der Waals surface area contributed by atoms with Gasteiger partial charge in [0.25, 0.3) is 0 Å². The van der Waals surface area contributed by atoms with Crippen LogP contribution in [0.15, 0.2) is 66.2 Å². The summed E-state index contributed by atoms with van der Waals surface area (Å²) in [4.78, 5) is 4.58. The molecule has 29 heavy (non-hydrogen) atoms. The van der Waals surface area contributed by atoms with E-state index in [9.17, 15) is 4.39 Å². The Morgan fingerprint density at radius 1 is 1.24 bits per heavy atom. The van der Waals surface area contributed by atoms with Gasteiger partial charge in [-0.3, -0.25) is 0 Å². The molecule has 0 spiro atoms. The van der Waals surface area contributed by atoms with Gasteiger partial charge in [-0.25, -0.2) is 10.2 Å². The molecule has 3 rings (SSSR count). The first-order valence-electron chi connectivity index (χ1n) is 10.1. The Bertz CT molecular complexity index is 814. The van der Waals surface area contributed by atoms with E-state index in [2.05, 4.69) is 54.2 Å². The number of halogens is 1. The maximum absolute atomic E-state index is 13.5. The Labute approximate surface area is 173 Å². The molecule has 0 saturated carbocycles. The van der Waals surface area contributed by atoms with Gasteiger partial charge in [0.05, 0.1) is 0 Å². The maximum Gasteiger partial charge on any atom is 0.124 e. The van der Waals surface area contributed by atoms with Crippen molar-refractivity contribution in [3.05, 3.63) is 77.5 Å². The van der Waals surface area contributed by atoms with Crippen LogP contribution < -0.4 is 16.6 Å². The highest BCUT2D eigenvalue weighted by atomic mass is 19.1. The van der Waals surface area contributed by atoms with Crippen molar-refractivity contribution in [1.29, 1.82) is 0 Å². The molecule has 2 heterocycles. The lowest BCUT2D eigenvalue weighted by molar-refractivity contribution is 0.164. The highest BCUT2D eigenvalue weighted by molar-refractivity contribution is 5.84. The van der Waals surface area contributed by atoms with Crippen LogP contribution in [0.5, 0.6) is 0 Å². The van der Waals surface area contributed by atoms with Gasteiger partial charge in [-0.1, -0.05) is 24.8 Å². The molecule has 1 unspecified atom stereocenters. The summed E-state index contributed by atoms with van der Waals surface area (Å²) in [5.74, 6) is 6.66.